The number of aromatic nitrogens is 3. The van der Waals surface area contributed by atoms with Crippen molar-refractivity contribution in [2.45, 2.75) is 46.6 Å². The highest BCUT2D eigenvalue weighted by Crippen LogP contribution is 2.34. The van der Waals surface area contributed by atoms with Crippen molar-refractivity contribution in [2.24, 2.45) is 11.3 Å². The summed E-state index contributed by atoms with van der Waals surface area (Å²) in [6.07, 6.45) is 6.14. The molecular weight excluding hydrogens is 312 g/mol. The Morgan fingerprint density at radius 2 is 2.12 bits per heavy atom. The first-order valence-corrected chi connectivity index (χ1v) is 9.05. The van der Waals surface area contributed by atoms with Gasteiger partial charge < -0.3 is 10.1 Å². The van der Waals surface area contributed by atoms with Gasteiger partial charge in [-0.1, -0.05) is 20.8 Å². The van der Waals surface area contributed by atoms with Crippen LogP contribution in [0.2, 0.25) is 0 Å². The number of aryl methyl sites for hydroxylation is 1. The zero-order valence-corrected chi connectivity index (χ0v) is 15.6. The first-order valence-electron chi connectivity index (χ1n) is 9.05. The molecule has 0 bridgehead atoms. The molecule has 0 aromatic carbocycles. The summed E-state index contributed by atoms with van der Waals surface area (Å²) in [5.41, 5.74) is 2.03. The Bertz CT molecular complexity index is 697. The van der Waals surface area contributed by atoms with Crippen molar-refractivity contribution in [3.05, 3.63) is 36.3 Å². The average molecular weight is 340 g/mol. The predicted molar refractivity (Wildman–Crippen MR) is 100 cm³/mol. The lowest BCUT2D eigenvalue weighted by Gasteiger charge is -2.40. The zero-order chi connectivity index (χ0) is 17.9. The van der Waals surface area contributed by atoms with Gasteiger partial charge in [0.15, 0.2) is 5.82 Å². The van der Waals surface area contributed by atoms with Gasteiger partial charge in [0.1, 0.15) is 5.82 Å². The van der Waals surface area contributed by atoms with E-state index in [0.29, 0.717) is 11.7 Å². The molecule has 2 unspecified atom stereocenters. The minimum Gasteiger partial charge on any atom is -0.377 e. The molecule has 2 aromatic rings. The second-order valence-corrected chi connectivity index (χ2v) is 7.90. The highest BCUT2D eigenvalue weighted by Gasteiger charge is 2.35. The molecule has 1 aliphatic rings. The number of nitrogens with zero attached hydrogens (tertiary/aromatic N) is 3. The fourth-order valence-electron chi connectivity index (χ4n) is 3.53. The summed E-state index contributed by atoms with van der Waals surface area (Å²) in [5, 5.41) is 3.52. The molecule has 5 heteroatoms. The van der Waals surface area contributed by atoms with E-state index >= 15 is 0 Å². The topological polar surface area (TPSA) is 59.9 Å². The average Bonchev–Trinajstić information content (AvgIpc) is 2.60. The van der Waals surface area contributed by atoms with Crippen molar-refractivity contribution < 1.29 is 4.74 Å². The maximum Gasteiger partial charge on any atom is 0.163 e. The van der Waals surface area contributed by atoms with E-state index in [1.165, 1.54) is 6.42 Å². The van der Waals surface area contributed by atoms with Gasteiger partial charge in [0, 0.05) is 48.8 Å². The molecule has 1 N–H and O–H groups in total. The second kappa shape index (κ2) is 7.48. The van der Waals surface area contributed by atoms with Crippen LogP contribution in [-0.4, -0.2) is 34.2 Å². The standard InChI is InChI=1S/C20H28N4O/c1-14-11-17(24-19(23-14)16-7-5-9-21-12-16)22-13-15-8-6-10-25-18(15)20(2,3)4/h5,7,9,11-12,15,18H,6,8,10,13H2,1-4H3,(H,22,23,24). The summed E-state index contributed by atoms with van der Waals surface area (Å²) in [6.45, 7) is 10.5. The molecule has 0 saturated carbocycles. The summed E-state index contributed by atoms with van der Waals surface area (Å²) < 4.78 is 6.08. The monoisotopic (exact) mass is 340 g/mol. The predicted octanol–water partition coefficient (Wildman–Crippen LogP) is 4.10. The first kappa shape index (κ1) is 17.8. The third kappa shape index (κ3) is 4.54. The molecule has 1 aliphatic heterocycles. The number of ether oxygens (including phenoxy) is 1. The van der Waals surface area contributed by atoms with Crippen LogP contribution < -0.4 is 5.32 Å². The van der Waals surface area contributed by atoms with E-state index in [1.54, 1.807) is 12.4 Å². The summed E-state index contributed by atoms with van der Waals surface area (Å²) in [4.78, 5) is 13.4. The Hall–Kier alpha value is -2.01. The highest BCUT2D eigenvalue weighted by atomic mass is 16.5. The molecule has 2 aromatic heterocycles. The van der Waals surface area contributed by atoms with Crippen molar-refractivity contribution in [2.75, 3.05) is 18.5 Å². The Labute approximate surface area is 150 Å². The van der Waals surface area contributed by atoms with E-state index in [2.05, 4.69) is 41.0 Å². The minimum atomic E-state index is 0.148. The molecular formula is C20H28N4O. The minimum absolute atomic E-state index is 0.148. The molecule has 0 amide bonds. The summed E-state index contributed by atoms with van der Waals surface area (Å²) in [7, 11) is 0. The molecule has 1 fully saturated rings. The van der Waals surface area contributed by atoms with Gasteiger partial charge in [-0.15, -0.1) is 0 Å². The van der Waals surface area contributed by atoms with E-state index in [9.17, 15) is 0 Å². The third-order valence-corrected chi connectivity index (χ3v) is 4.62. The van der Waals surface area contributed by atoms with Crippen LogP contribution in [0.4, 0.5) is 5.82 Å². The van der Waals surface area contributed by atoms with Gasteiger partial charge in [-0.25, -0.2) is 9.97 Å². The van der Waals surface area contributed by atoms with Crippen LogP contribution in [0.25, 0.3) is 11.4 Å². The van der Waals surface area contributed by atoms with E-state index in [1.807, 2.05) is 25.1 Å². The molecule has 134 valence electrons. The van der Waals surface area contributed by atoms with Crippen molar-refractivity contribution >= 4 is 5.82 Å². The maximum absolute atomic E-state index is 6.08. The number of rotatable bonds is 4. The van der Waals surface area contributed by atoms with Crippen LogP contribution in [0.5, 0.6) is 0 Å². The SMILES string of the molecule is Cc1cc(NCC2CCCOC2C(C)(C)C)nc(-c2cccnc2)n1. The van der Waals surface area contributed by atoms with Gasteiger partial charge in [-0.2, -0.15) is 0 Å². The largest absolute Gasteiger partial charge is 0.377 e. The Balaban J connectivity index is 1.73. The van der Waals surface area contributed by atoms with Crippen LogP contribution in [-0.2, 0) is 4.74 Å². The van der Waals surface area contributed by atoms with Crippen molar-refractivity contribution in [3.63, 3.8) is 0 Å². The lowest BCUT2D eigenvalue weighted by Crippen LogP contribution is -2.42. The Morgan fingerprint density at radius 1 is 1.28 bits per heavy atom. The number of anilines is 1. The van der Waals surface area contributed by atoms with Gasteiger partial charge in [0.05, 0.1) is 6.10 Å². The van der Waals surface area contributed by atoms with Gasteiger partial charge in [0.25, 0.3) is 0 Å². The fourth-order valence-corrected chi connectivity index (χ4v) is 3.53. The summed E-state index contributed by atoms with van der Waals surface area (Å²) >= 11 is 0. The molecule has 0 spiro atoms. The molecule has 0 aliphatic carbocycles. The summed E-state index contributed by atoms with van der Waals surface area (Å²) in [5.74, 6) is 2.07. The van der Waals surface area contributed by atoms with Gasteiger partial charge in [-0.3, -0.25) is 4.98 Å². The molecule has 1 saturated heterocycles. The summed E-state index contributed by atoms with van der Waals surface area (Å²) in [6, 6.07) is 5.88. The lowest BCUT2D eigenvalue weighted by molar-refractivity contribution is -0.0814. The first-order chi connectivity index (χ1) is 11.9. The highest BCUT2D eigenvalue weighted by molar-refractivity contribution is 5.56. The Morgan fingerprint density at radius 3 is 2.84 bits per heavy atom. The van der Waals surface area contributed by atoms with Crippen molar-refractivity contribution in [3.8, 4) is 11.4 Å². The van der Waals surface area contributed by atoms with Crippen molar-refractivity contribution in [1.29, 1.82) is 0 Å². The molecule has 5 nitrogen and oxygen atoms in total. The number of nitrogens with one attached hydrogen (secondary N) is 1. The molecule has 3 heterocycles. The molecule has 25 heavy (non-hydrogen) atoms. The van der Waals surface area contributed by atoms with Gasteiger partial charge in [-0.05, 0) is 37.3 Å². The number of pyridine rings is 1. The normalized spacial score (nSPS) is 21.1. The molecule has 0 radical (unpaired) electrons. The van der Waals surface area contributed by atoms with E-state index < -0.39 is 0 Å². The van der Waals surface area contributed by atoms with Crippen LogP contribution in [0.3, 0.4) is 0 Å². The van der Waals surface area contributed by atoms with Crippen LogP contribution >= 0.6 is 0 Å². The zero-order valence-electron chi connectivity index (χ0n) is 15.6. The van der Waals surface area contributed by atoms with E-state index in [-0.39, 0.29) is 11.5 Å². The maximum atomic E-state index is 6.08. The lowest BCUT2D eigenvalue weighted by atomic mass is 9.78. The van der Waals surface area contributed by atoms with Crippen LogP contribution in [0.1, 0.15) is 39.3 Å². The van der Waals surface area contributed by atoms with Gasteiger partial charge >= 0.3 is 0 Å². The van der Waals surface area contributed by atoms with Crippen molar-refractivity contribution in [1.82, 2.24) is 15.0 Å². The Kier molecular flexibility index (Phi) is 5.33. The smallest absolute Gasteiger partial charge is 0.163 e. The third-order valence-electron chi connectivity index (χ3n) is 4.62. The van der Waals surface area contributed by atoms with Crippen LogP contribution in [0.15, 0.2) is 30.6 Å². The fraction of sp³-hybridized carbons (Fsp3) is 0.550. The number of hydrogen-bond acceptors (Lipinski definition) is 5. The van der Waals surface area contributed by atoms with Crippen LogP contribution in [0, 0.1) is 18.3 Å². The van der Waals surface area contributed by atoms with E-state index in [0.717, 1.165) is 36.6 Å². The molecule has 2 atom stereocenters. The number of hydrogen-bond donors (Lipinski definition) is 1. The quantitative estimate of drug-likeness (QED) is 0.908. The van der Waals surface area contributed by atoms with Gasteiger partial charge in [0.2, 0.25) is 0 Å². The second-order valence-electron chi connectivity index (χ2n) is 7.90. The molecule has 3 rings (SSSR count). The van der Waals surface area contributed by atoms with E-state index in [4.69, 9.17) is 4.74 Å².